The van der Waals surface area contributed by atoms with Crippen LogP contribution in [-0.4, -0.2) is 37.5 Å². The molecule has 0 atom stereocenters. The van der Waals surface area contributed by atoms with Crippen LogP contribution in [0.4, 0.5) is 11.4 Å². The lowest BCUT2D eigenvalue weighted by Crippen LogP contribution is -2.18. The molecular weight excluding hydrogens is 388 g/mol. The lowest BCUT2D eigenvalue weighted by molar-refractivity contribution is -0.114. The highest BCUT2D eigenvalue weighted by molar-refractivity contribution is 8.00. The zero-order chi connectivity index (χ0) is 19.8. The van der Waals surface area contributed by atoms with Gasteiger partial charge in [-0.2, -0.15) is 0 Å². The topological polar surface area (TPSA) is 76.7 Å². The highest BCUT2D eigenvalue weighted by atomic mass is 35.5. The lowest BCUT2D eigenvalue weighted by atomic mass is 10.2. The van der Waals surface area contributed by atoms with E-state index >= 15 is 0 Å². The summed E-state index contributed by atoms with van der Waals surface area (Å²) >= 11 is 7.26. The van der Waals surface area contributed by atoms with Crippen molar-refractivity contribution in [3.8, 4) is 11.5 Å². The van der Waals surface area contributed by atoms with Crippen molar-refractivity contribution in [2.45, 2.75) is 6.92 Å². The largest absolute Gasteiger partial charge is 0.495 e. The maximum Gasteiger partial charge on any atom is 0.234 e. The van der Waals surface area contributed by atoms with Crippen LogP contribution in [0.1, 0.15) is 5.56 Å². The average molecular weight is 409 g/mol. The molecule has 0 saturated carbocycles. The summed E-state index contributed by atoms with van der Waals surface area (Å²) in [6.45, 7) is 1.98. The Hall–Kier alpha value is -2.38. The van der Waals surface area contributed by atoms with Crippen LogP contribution in [-0.2, 0) is 9.59 Å². The number of anilines is 2. The molecule has 2 rings (SSSR count). The Labute approximate surface area is 167 Å². The van der Waals surface area contributed by atoms with Gasteiger partial charge in [0.25, 0.3) is 0 Å². The number of rotatable bonds is 8. The van der Waals surface area contributed by atoms with Crippen molar-refractivity contribution in [3.05, 3.63) is 47.0 Å². The van der Waals surface area contributed by atoms with Crippen LogP contribution in [0.2, 0.25) is 5.02 Å². The number of amides is 2. The van der Waals surface area contributed by atoms with Crippen molar-refractivity contribution in [1.29, 1.82) is 0 Å². The van der Waals surface area contributed by atoms with Gasteiger partial charge in [-0.05, 0) is 19.1 Å². The molecule has 0 aromatic heterocycles. The molecule has 2 amide bonds. The summed E-state index contributed by atoms with van der Waals surface area (Å²) in [5.74, 6) is 0.722. The van der Waals surface area contributed by atoms with E-state index in [0.717, 1.165) is 11.3 Å². The van der Waals surface area contributed by atoms with E-state index in [1.54, 1.807) is 12.1 Å². The van der Waals surface area contributed by atoms with E-state index in [4.69, 9.17) is 21.1 Å². The number of halogens is 1. The fourth-order valence-electron chi connectivity index (χ4n) is 2.21. The van der Waals surface area contributed by atoms with Gasteiger partial charge in [-0.1, -0.05) is 29.3 Å². The van der Waals surface area contributed by atoms with Crippen LogP contribution >= 0.6 is 23.4 Å². The van der Waals surface area contributed by atoms with Gasteiger partial charge in [0, 0.05) is 17.8 Å². The van der Waals surface area contributed by atoms with E-state index in [1.165, 1.54) is 26.0 Å². The van der Waals surface area contributed by atoms with Gasteiger partial charge in [-0.25, -0.2) is 0 Å². The Kier molecular flexibility index (Phi) is 7.82. The molecule has 2 N–H and O–H groups in total. The molecule has 0 spiro atoms. The first-order chi connectivity index (χ1) is 12.9. The summed E-state index contributed by atoms with van der Waals surface area (Å²) in [7, 11) is 2.97. The number of nitrogens with one attached hydrogen (secondary N) is 2. The van der Waals surface area contributed by atoms with E-state index in [0.29, 0.717) is 22.2 Å². The van der Waals surface area contributed by atoms with Gasteiger partial charge < -0.3 is 20.1 Å². The number of hydrogen-bond acceptors (Lipinski definition) is 5. The fourth-order valence-corrected chi connectivity index (χ4v) is 3.06. The van der Waals surface area contributed by atoms with E-state index in [9.17, 15) is 9.59 Å². The molecule has 0 radical (unpaired) electrons. The van der Waals surface area contributed by atoms with Crippen molar-refractivity contribution in [2.24, 2.45) is 0 Å². The summed E-state index contributed by atoms with van der Waals surface area (Å²) in [4.78, 5) is 24.1. The summed E-state index contributed by atoms with van der Waals surface area (Å²) in [6, 6.07) is 10.7. The number of ether oxygens (including phenoxy) is 2. The first-order valence-corrected chi connectivity index (χ1v) is 9.62. The SMILES string of the molecule is COc1cc(NC(=O)CSCC(=O)Nc2ccc(C)cc2)c(OC)cc1Cl. The molecular formula is C19H21ClN2O4S. The van der Waals surface area contributed by atoms with E-state index in [-0.39, 0.29) is 23.3 Å². The van der Waals surface area contributed by atoms with E-state index in [1.807, 2.05) is 31.2 Å². The summed E-state index contributed by atoms with van der Waals surface area (Å²) in [5, 5.41) is 5.91. The predicted molar refractivity (Wildman–Crippen MR) is 110 cm³/mol. The standard InChI is InChI=1S/C19H21ClN2O4S/c1-12-4-6-13(7-5-12)21-18(23)10-27-11-19(24)22-15-9-16(25-2)14(20)8-17(15)26-3/h4-9H,10-11H2,1-3H3,(H,21,23)(H,22,24). The average Bonchev–Trinajstić information content (AvgIpc) is 2.64. The van der Waals surface area contributed by atoms with E-state index in [2.05, 4.69) is 10.6 Å². The highest BCUT2D eigenvalue weighted by Gasteiger charge is 2.13. The minimum Gasteiger partial charge on any atom is -0.495 e. The van der Waals surface area contributed by atoms with Crippen LogP contribution in [0.25, 0.3) is 0 Å². The second-order valence-corrected chi connectivity index (χ2v) is 7.04. The Balaban J connectivity index is 1.84. The van der Waals surface area contributed by atoms with E-state index < -0.39 is 0 Å². The quantitative estimate of drug-likeness (QED) is 0.691. The number of thioether (sulfide) groups is 1. The third-order valence-corrected chi connectivity index (χ3v) is 4.78. The molecule has 0 unspecified atom stereocenters. The zero-order valence-corrected chi connectivity index (χ0v) is 16.9. The number of carbonyl (C=O) groups excluding carboxylic acids is 2. The summed E-state index contributed by atoms with van der Waals surface area (Å²) in [5.41, 5.74) is 2.30. The third kappa shape index (κ3) is 6.37. The number of benzene rings is 2. The third-order valence-electron chi connectivity index (χ3n) is 3.55. The van der Waals surface area contributed by atoms with Gasteiger partial charge in [0.05, 0.1) is 36.4 Å². The van der Waals surface area contributed by atoms with Crippen molar-refractivity contribution in [3.63, 3.8) is 0 Å². The Morgan fingerprint density at radius 1 is 0.963 bits per heavy atom. The molecule has 2 aromatic carbocycles. The van der Waals surface area contributed by atoms with Crippen molar-refractivity contribution in [2.75, 3.05) is 36.4 Å². The van der Waals surface area contributed by atoms with Crippen LogP contribution in [0.15, 0.2) is 36.4 Å². The number of methoxy groups -OCH3 is 2. The minimum atomic E-state index is -0.259. The lowest BCUT2D eigenvalue weighted by Gasteiger charge is -2.13. The maximum atomic E-state index is 12.1. The van der Waals surface area contributed by atoms with Crippen LogP contribution in [0.3, 0.4) is 0 Å². The van der Waals surface area contributed by atoms with Gasteiger partial charge in [-0.3, -0.25) is 9.59 Å². The molecule has 0 bridgehead atoms. The Morgan fingerprint density at radius 2 is 1.56 bits per heavy atom. The van der Waals surface area contributed by atoms with Gasteiger partial charge in [0.15, 0.2) is 0 Å². The molecule has 6 nitrogen and oxygen atoms in total. The number of aryl methyl sites for hydroxylation is 1. The summed E-state index contributed by atoms with van der Waals surface area (Å²) in [6.07, 6.45) is 0. The van der Waals surface area contributed by atoms with Crippen molar-refractivity contribution < 1.29 is 19.1 Å². The Morgan fingerprint density at radius 3 is 2.15 bits per heavy atom. The van der Waals surface area contributed by atoms with Crippen LogP contribution in [0, 0.1) is 6.92 Å². The molecule has 0 heterocycles. The first-order valence-electron chi connectivity index (χ1n) is 8.08. The van der Waals surface area contributed by atoms with Gasteiger partial charge >= 0.3 is 0 Å². The molecule has 0 fully saturated rings. The van der Waals surface area contributed by atoms with Gasteiger partial charge in [0.2, 0.25) is 11.8 Å². The molecule has 0 aliphatic rings. The number of carbonyl (C=O) groups is 2. The summed E-state index contributed by atoms with van der Waals surface area (Å²) < 4.78 is 10.4. The fraction of sp³-hybridized carbons (Fsp3) is 0.263. The molecule has 0 aliphatic carbocycles. The van der Waals surface area contributed by atoms with Crippen molar-refractivity contribution in [1.82, 2.24) is 0 Å². The zero-order valence-electron chi connectivity index (χ0n) is 15.3. The van der Waals surface area contributed by atoms with Crippen LogP contribution < -0.4 is 20.1 Å². The maximum absolute atomic E-state index is 12.1. The minimum absolute atomic E-state index is 0.120. The van der Waals surface area contributed by atoms with Crippen LogP contribution in [0.5, 0.6) is 11.5 Å². The van der Waals surface area contributed by atoms with Gasteiger partial charge in [-0.15, -0.1) is 11.8 Å². The van der Waals surface area contributed by atoms with Crippen molar-refractivity contribution >= 4 is 46.6 Å². The predicted octanol–water partition coefficient (Wildman–Crippen LogP) is 3.98. The molecule has 0 saturated heterocycles. The number of hydrogen-bond donors (Lipinski definition) is 2. The first kappa shape index (κ1) is 20.9. The molecule has 8 heteroatoms. The highest BCUT2D eigenvalue weighted by Crippen LogP contribution is 2.35. The second-order valence-electron chi connectivity index (χ2n) is 5.64. The molecule has 144 valence electrons. The Bertz CT molecular complexity index is 812. The van der Waals surface area contributed by atoms with Gasteiger partial charge in [0.1, 0.15) is 11.5 Å². The smallest absolute Gasteiger partial charge is 0.234 e. The second kappa shape index (κ2) is 10.1. The normalized spacial score (nSPS) is 10.2. The molecule has 2 aromatic rings. The molecule has 0 aliphatic heterocycles. The monoisotopic (exact) mass is 408 g/mol. The molecule has 27 heavy (non-hydrogen) atoms.